The highest BCUT2D eigenvalue weighted by atomic mass is 35.5. The van der Waals surface area contributed by atoms with Crippen molar-refractivity contribution in [1.29, 1.82) is 0 Å². The van der Waals surface area contributed by atoms with Crippen molar-refractivity contribution in [2.75, 3.05) is 19.5 Å². The first-order valence-corrected chi connectivity index (χ1v) is 7.87. The summed E-state index contributed by atoms with van der Waals surface area (Å²) < 4.78 is 10.5. The summed E-state index contributed by atoms with van der Waals surface area (Å²) in [7, 11) is 3.13. The summed E-state index contributed by atoms with van der Waals surface area (Å²) in [6.45, 7) is 1.71. The standard InChI is InChI=1S/C18H17Cl2NO3/c1-11(8-12-4-7-16(23-2)17(9-12)24-3)18(22)21-15-10-13(19)5-6-14(15)20/h4-10H,1-3H3,(H,21,22)/b11-8+. The number of rotatable bonds is 5. The maximum atomic E-state index is 12.3. The minimum Gasteiger partial charge on any atom is -0.493 e. The quantitative estimate of drug-likeness (QED) is 0.753. The van der Waals surface area contributed by atoms with Gasteiger partial charge < -0.3 is 14.8 Å². The van der Waals surface area contributed by atoms with Gasteiger partial charge in [0.2, 0.25) is 0 Å². The number of methoxy groups -OCH3 is 2. The van der Waals surface area contributed by atoms with Crippen LogP contribution in [0.4, 0.5) is 5.69 Å². The second-order valence-corrected chi connectivity index (χ2v) is 5.86. The van der Waals surface area contributed by atoms with E-state index in [9.17, 15) is 4.79 Å². The summed E-state index contributed by atoms with van der Waals surface area (Å²) >= 11 is 12.0. The molecule has 2 aromatic carbocycles. The lowest BCUT2D eigenvalue weighted by molar-refractivity contribution is -0.112. The van der Waals surface area contributed by atoms with Gasteiger partial charge in [0.1, 0.15) is 0 Å². The van der Waals surface area contributed by atoms with E-state index in [4.69, 9.17) is 32.7 Å². The highest BCUT2D eigenvalue weighted by Crippen LogP contribution is 2.29. The van der Waals surface area contributed by atoms with Crippen molar-refractivity contribution < 1.29 is 14.3 Å². The molecule has 0 saturated heterocycles. The van der Waals surface area contributed by atoms with Crippen LogP contribution in [0.5, 0.6) is 11.5 Å². The first-order chi connectivity index (χ1) is 11.4. The van der Waals surface area contributed by atoms with Crippen molar-refractivity contribution in [3.05, 3.63) is 57.6 Å². The molecule has 1 amide bonds. The minimum absolute atomic E-state index is 0.269. The lowest BCUT2D eigenvalue weighted by Crippen LogP contribution is -2.12. The maximum absolute atomic E-state index is 12.3. The molecule has 126 valence electrons. The van der Waals surface area contributed by atoms with Crippen molar-refractivity contribution in [3.63, 3.8) is 0 Å². The summed E-state index contributed by atoms with van der Waals surface area (Å²) in [5.74, 6) is 0.953. The van der Waals surface area contributed by atoms with Crippen molar-refractivity contribution in [3.8, 4) is 11.5 Å². The number of anilines is 1. The van der Waals surface area contributed by atoms with Crippen LogP contribution in [0, 0.1) is 0 Å². The fourth-order valence-corrected chi connectivity index (χ4v) is 2.41. The number of halogens is 2. The smallest absolute Gasteiger partial charge is 0.251 e. The molecule has 2 aromatic rings. The van der Waals surface area contributed by atoms with E-state index in [0.29, 0.717) is 32.8 Å². The third-order valence-electron chi connectivity index (χ3n) is 3.33. The molecule has 0 aliphatic carbocycles. The molecule has 0 saturated carbocycles. The van der Waals surface area contributed by atoms with Crippen LogP contribution in [0.15, 0.2) is 42.0 Å². The zero-order chi connectivity index (χ0) is 17.7. The monoisotopic (exact) mass is 365 g/mol. The number of ether oxygens (including phenoxy) is 2. The van der Waals surface area contributed by atoms with Crippen molar-refractivity contribution in [2.24, 2.45) is 0 Å². The van der Waals surface area contributed by atoms with Crippen molar-refractivity contribution >= 4 is 40.9 Å². The van der Waals surface area contributed by atoms with Gasteiger partial charge in [-0.25, -0.2) is 0 Å². The van der Waals surface area contributed by atoms with Gasteiger partial charge in [0.05, 0.1) is 24.9 Å². The molecule has 0 aliphatic heterocycles. The van der Waals surface area contributed by atoms with Gasteiger partial charge >= 0.3 is 0 Å². The Kier molecular flexibility index (Phi) is 6.12. The van der Waals surface area contributed by atoms with Crippen LogP contribution in [0.1, 0.15) is 12.5 Å². The topological polar surface area (TPSA) is 47.6 Å². The maximum Gasteiger partial charge on any atom is 0.251 e. The molecular formula is C18H17Cl2NO3. The number of carbonyl (C=O) groups is 1. The fraction of sp³-hybridized carbons (Fsp3) is 0.167. The highest BCUT2D eigenvalue weighted by molar-refractivity contribution is 6.35. The number of hydrogen-bond acceptors (Lipinski definition) is 3. The van der Waals surface area contributed by atoms with Gasteiger partial charge in [-0.2, -0.15) is 0 Å². The average Bonchev–Trinajstić information content (AvgIpc) is 2.57. The molecular weight excluding hydrogens is 349 g/mol. The Morgan fingerprint density at radius 2 is 1.75 bits per heavy atom. The van der Waals surface area contributed by atoms with Crippen molar-refractivity contribution in [1.82, 2.24) is 0 Å². The van der Waals surface area contributed by atoms with E-state index in [1.54, 1.807) is 57.6 Å². The van der Waals surface area contributed by atoms with E-state index < -0.39 is 0 Å². The summed E-state index contributed by atoms with van der Waals surface area (Å²) in [6, 6.07) is 10.3. The van der Waals surface area contributed by atoms with E-state index in [2.05, 4.69) is 5.32 Å². The van der Waals surface area contributed by atoms with E-state index in [1.807, 2.05) is 6.07 Å². The molecule has 0 spiro atoms. The van der Waals surface area contributed by atoms with Gasteiger partial charge in [0.15, 0.2) is 11.5 Å². The molecule has 0 aromatic heterocycles. The summed E-state index contributed by atoms with van der Waals surface area (Å²) in [5, 5.41) is 3.66. The summed E-state index contributed by atoms with van der Waals surface area (Å²) in [5.41, 5.74) is 1.80. The highest BCUT2D eigenvalue weighted by Gasteiger charge is 2.09. The molecule has 0 aliphatic rings. The van der Waals surface area contributed by atoms with Gasteiger partial charge in [-0.3, -0.25) is 4.79 Å². The lowest BCUT2D eigenvalue weighted by Gasteiger charge is -2.10. The van der Waals surface area contributed by atoms with Crippen LogP contribution in [-0.4, -0.2) is 20.1 Å². The fourth-order valence-electron chi connectivity index (χ4n) is 2.07. The van der Waals surface area contributed by atoms with Gasteiger partial charge in [-0.05, 0) is 48.9 Å². The molecule has 24 heavy (non-hydrogen) atoms. The second-order valence-electron chi connectivity index (χ2n) is 5.02. The average molecular weight is 366 g/mol. The molecule has 4 nitrogen and oxygen atoms in total. The van der Waals surface area contributed by atoms with Crippen LogP contribution in [0.25, 0.3) is 6.08 Å². The molecule has 0 atom stereocenters. The summed E-state index contributed by atoms with van der Waals surface area (Å²) in [4.78, 5) is 12.3. The molecule has 0 unspecified atom stereocenters. The SMILES string of the molecule is COc1ccc(/C=C(\C)C(=O)Nc2cc(Cl)ccc2Cl)cc1OC. The Hall–Kier alpha value is -2.17. The Labute approximate surface area is 151 Å². The molecule has 0 heterocycles. The van der Waals surface area contributed by atoms with Crippen LogP contribution >= 0.6 is 23.2 Å². The number of carbonyl (C=O) groups excluding carboxylic acids is 1. The van der Waals surface area contributed by atoms with Crippen LogP contribution in [0.3, 0.4) is 0 Å². The number of hydrogen-bond donors (Lipinski definition) is 1. The summed E-state index contributed by atoms with van der Waals surface area (Å²) in [6.07, 6.45) is 1.75. The number of benzene rings is 2. The molecule has 0 bridgehead atoms. The predicted molar refractivity (Wildman–Crippen MR) is 98.3 cm³/mol. The zero-order valence-electron chi connectivity index (χ0n) is 13.5. The van der Waals surface area contributed by atoms with Gasteiger partial charge in [-0.1, -0.05) is 29.3 Å². The van der Waals surface area contributed by atoms with Gasteiger partial charge in [0, 0.05) is 10.6 Å². The van der Waals surface area contributed by atoms with Crippen molar-refractivity contribution in [2.45, 2.75) is 6.92 Å². The van der Waals surface area contributed by atoms with Crippen LogP contribution < -0.4 is 14.8 Å². The van der Waals surface area contributed by atoms with E-state index >= 15 is 0 Å². The number of amides is 1. The molecule has 0 fully saturated rings. The van der Waals surface area contributed by atoms with E-state index in [0.717, 1.165) is 5.56 Å². The molecule has 1 N–H and O–H groups in total. The minimum atomic E-state index is -0.269. The number of nitrogens with one attached hydrogen (secondary N) is 1. The van der Waals surface area contributed by atoms with E-state index in [-0.39, 0.29) is 5.91 Å². The zero-order valence-corrected chi connectivity index (χ0v) is 15.0. The Balaban J connectivity index is 2.21. The third-order valence-corrected chi connectivity index (χ3v) is 3.89. The predicted octanol–water partition coefficient (Wildman–Crippen LogP) is 5.05. The van der Waals surface area contributed by atoms with Gasteiger partial charge in [-0.15, -0.1) is 0 Å². The third kappa shape index (κ3) is 4.43. The molecule has 2 rings (SSSR count). The first-order valence-electron chi connectivity index (χ1n) is 7.11. The largest absolute Gasteiger partial charge is 0.493 e. The Morgan fingerprint density at radius 3 is 2.42 bits per heavy atom. The first kappa shape index (κ1) is 18.2. The Bertz CT molecular complexity index is 788. The van der Waals surface area contributed by atoms with E-state index in [1.165, 1.54) is 0 Å². The molecule has 6 heteroatoms. The molecule has 0 radical (unpaired) electrons. The second kappa shape index (κ2) is 8.08. The Morgan fingerprint density at radius 1 is 1.04 bits per heavy atom. The van der Waals surface area contributed by atoms with Crippen LogP contribution in [-0.2, 0) is 4.79 Å². The lowest BCUT2D eigenvalue weighted by atomic mass is 10.1. The van der Waals surface area contributed by atoms with Crippen LogP contribution in [0.2, 0.25) is 10.0 Å². The van der Waals surface area contributed by atoms with Gasteiger partial charge in [0.25, 0.3) is 5.91 Å². The normalized spacial score (nSPS) is 11.1.